The van der Waals surface area contributed by atoms with Crippen molar-refractivity contribution in [1.82, 2.24) is 0 Å². The third-order valence-corrected chi connectivity index (χ3v) is 5.13. The Hall–Kier alpha value is -1.06. The summed E-state index contributed by atoms with van der Waals surface area (Å²) in [6.07, 6.45) is 10.2. The predicted octanol–water partition coefficient (Wildman–Crippen LogP) is 5.20. The molecule has 0 aliphatic heterocycles. The van der Waals surface area contributed by atoms with Crippen LogP contribution in [-0.4, -0.2) is 23.1 Å². The molecule has 24 heavy (non-hydrogen) atoms. The molecule has 0 heterocycles. The third kappa shape index (κ3) is 8.16. The minimum absolute atomic E-state index is 0.0433. The van der Waals surface area contributed by atoms with E-state index in [2.05, 4.69) is 20.8 Å². The molecule has 0 aromatic heterocycles. The van der Waals surface area contributed by atoms with Gasteiger partial charge in [0, 0.05) is 0 Å². The second-order valence-electron chi connectivity index (χ2n) is 7.77. The molecule has 140 valence electrons. The van der Waals surface area contributed by atoms with Crippen LogP contribution in [0.4, 0.5) is 0 Å². The van der Waals surface area contributed by atoms with E-state index in [-0.39, 0.29) is 23.9 Å². The molecule has 4 heteroatoms. The normalized spacial score (nSPS) is 22.3. The first-order chi connectivity index (χ1) is 11.4. The van der Waals surface area contributed by atoms with Crippen molar-refractivity contribution >= 4 is 11.9 Å². The minimum Gasteiger partial charge on any atom is -0.481 e. The highest BCUT2D eigenvalue weighted by molar-refractivity contribution is 5.74. The first-order valence-electron chi connectivity index (χ1n) is 9.87. The largest absolute Gasteiger partial charge is 0.481 e. The maximum absolute atomic E-state index is 12.4. The summed E-state index contributed by atoms with van der Waals surface area (Å²) in [5, 5.41) is 9.05. The first kappa shape index (κ1) is 21.0. The number of hydrogen-bond acceptors (Lipinski definition) is 3. The van der Waals surface area contributed by atoms with Gasteiger partial charge in [0.1, 0.15) is 6.10 Å². The predicted molar refractivity (Wildman–Crippen MR) is 95.8 cm³/mol. The quantitative estimate of drug-likeness (QED) is 0.415. The average molecular weight is 341 g/mol. The summed E-state index contributed by atoms with van der Waals surface area (Å²) in [6, 6.07) is 0. The van der Waals surface area contributed by atoms with Gasteiger partial charge in [-0.25, -0.2) is 0 Å². The molecule has 1 N–H and O–H groups in total. The van der Waals surface area contributed by atoms with Crippen molar-refractivity contribution < 1.29 is 19.4 Å². The molecule has 1 aliphatic rings. The van der Waals surface area contributed by atoms with Crippen LogP contribution >= 0.6 is 0 Å². The zero-order valence-electron chi connectivity index (χ0n) is 15.8. The van der Waals surface area contributed by atoms with Gasteiger partial charge in [0.05, 0.1) is 11.8 Å². The summed E-state index contributed by atoms with van der Waals surface area (Å²) in [4.78, 5) is 23.4. The summed E-state index contributed by atoms with van der Waals surface area (Å²) >= 11 is 0. The van der Waals surface area contributed by atoms with Gasteiger partial charge in [-0.3, -0.25) is 9.59 Å². The lowest BCUT2D eigenvalue weighted by Gasteiger charge is -2.27. The van der Waals surface area contributed by atoms with E-state index < -0.39 is 5.97 Å². The number of carbonyl (C=O) groups is 2. The molecule has 1 atom stereocenters. The Labute approximate surface area is 147 Å². The summed E-state index contributed by atoms with van der Waals surface area (Å²) in [6.45, 7) is 6.63. The van der Waals surface area contributed by atoms with E-state index in [1.54, 1.807) is 0 Å². The molecule has 1 unspecified atom stereocenters. The van der Waals surface area contributed by atoms with Gasteiger partial charge in [-0.2, -0.15) is 0 Å². The lowest BCUT2D eigenvalue weighted by atomic mass is 9.82. The van der Waals surface area contributed by atoms with Gasteiger partial charge in [-0.15, -0.1) is 0 Å². The number of carboxylic acid groups (broad SMARTS) is 1. The van der Waals surface area contributed by atoms with Crippen LogP contribution in [0.5, 0.6) is 0 Å². The molecule has 1 fully saturated rings. The summed E-state index contributed by atoms with van der Waals surface area (Å²) in [5.41, 5.74) is 0. The number of carboxylic acids is 1. The molecular weight excluding hydrogens is 304 g/mol. The van der Waals surface area contributed by atoms with Crippen LogP contribution in [0.25, 0.3) is 0 Å². The molecule has 0 aromatic rings. The Bertz CT molecular complexity index is 370. The van der Waals surface area contributed by atoms with Gasteiger partial charge in [0.2, 0.25) is 0 Å². The standard InChI is InChI=1S/C20H36O4/c1-4-5-9-18(10-7-6-8-15(2)3)24-20(23)17-13-11-16(12-14-17)19(21)22/h15-18H,4-14H2,1-3H3,(H,21,22). The van der Waals surface area contributed by atoms with Crippen LogP contribution in [0.3, 0.4) is 0 Å². The van der Waals surface area contributed by atoms with E-state index >= 15 is 0 Å². The Kier molecular flexibility index (Phi) is 10.0. The molecular formula is C20H36O4. The lowest BCUT2D eigenvalue weighted by molar-refractivity contribution is -0.158. The van der Waals surface area contributed by atoms with E-state index in [4.69, 9.17) is 9.84 Å². The fourth-order valence-corrected chi connectivity index (χ4v) is 3.46. The number of rotatable bonds is 11. The number of esters is 1. The minimum atomic E-state index is -0.729. The molecule has 0 aromatic carbocycles. The molecule has 1 saturated carbocycles. The van der Waals surface area contributed by atoms with Crippen molar-refractivity contribution in [3.05, 3.63) is 0 Å². The highest BCUT2D eigenvalue weighted by atomic mass is 16.5. The monoisotopic (exact) mass is 340 g/mol. The maximum atomic E-state index is 12.4. The van der Waals surface area contributed by atoms with E-state index in [0.717, 1.165) is 38.0 Å². The van der Waals surface area contributed by atoms with Crippen molar-refractivity contribution in [3.63, 3.8) is 0 Å². The van der Waals surface area contributed by atoms with Gasteiger partial charge in [0.25, 0.3) is 0 Å². The van der Waals surface area contributed by atoms with Gasteiger partial charge < -0.3 is 9.84 Å². The van der Waals surface area contributed by atoms with Crippen molar-refractivity contribution in [2.24, 2.45) is 17.8 Å². The molecule has 0 saturated heterocycles. The summed E-state index contributed by atoms with van der Waals surface area (Å²) < 4.78 is 5.81. The van der Waals surface area contributed by atoms with Crippen molar-refractivity contribution in [2.45, 2.75) is 97.5 Å². The highest BCUT2D eigenvalue weighted by Gasteiger charge is 2.31. The summed E-state index contributed by atoms with van der Waals surface area (Å²) in [5.74, 6) is -0.469. The van der Waals surface area contributed by atoms with E-state index in [1.165, 1.54) is 12.8 Å². The second-order valence-corrected chi connectivity index (χ2v) is 7.77. The molecule has 1 rings (SSSR count). The number of unbranched alkanes of at least 4 members (excludes halogenated alkanes) is 2. The lowest BCUT2D eigenvalue weighted by Crippen LogP contribution is -2.29. The van der Waals surface area contributed by atoms with Crippen LogP contribution in [-0.2, 0) is 14.3 Å². The zero-order valence-corrected chi connectivity index (χ0v) is 15.8. The molecule has 0 bridgehead atoms. The Balaban J connectivity index is 2.38. The van der Waals surface area contributed by atoms with Gasteiger partial charge in [-0.1, -0.05) is 46.5 Å². The third-order valence-electron chi connectivity index (χ3n) is 5.13. The van der Waals surface area contributed by atoms with Crippen molar-refractivity contribution in [2.75, 3.05) is 0 Å². The van der Waals surface area contributed by atoms with Crippen molar-refractivity contribution in [3.8, 4) is 0 Å². The fourth-order valence-electron chi connectivity index (χ4n) is 3.46. The topological polar surface area (TPSA) is 63.6 Å². The van der Waals surface area contributed by atoms with Crippen molar-refractivity contribution in [1.29, 1.82) is 0 Å². The average Bonchev–Trinajstić information content (AvgIpc) is 2.55. The van der Waals surface area contributed by atoms with E-state index in [9.17, 15) is 9.59 Å². The smallest absolute Gasteiger partial charge is 0.309 e. The van der Waals surface area contributed by atoms with Gasteiger partial charge >= 0.3 is 11.9 Å². The number of carbonyl (C=O) groups excluding carboxylic acids is 1. The second kappa shape index (κ2) is 11.5. The van der Waals surface area contributed by atoms with Gasteiger partial charge in [-0.05, 0) is 50.9 Å². The Morgan fingerprint density at radius 3 is 2.04 bits per heavy atom. The van der Waals surface area contributed by atoms with Crippen LogP contribution in [0.15, 0.2) is 0 Å². The molecule has 0 amide bonds. The Morgan fingerprint density at radius 1 is 0.958 bits per heavy atom. The molecule has 1 aliphatic carbocycles. The first-order valence-corrected chi connectivity index (χ1v) is 9.87. The SMILES string of the molecule is CCCCC(CCCCC(C)C)OC(=O)C1CCC(C(=O)O)CC1. The molecule has 0 radical (unpaired) electrons. The molecule has 0 spiro atoms. The Morgan fingerprint density at radius 2 is 1.50 bits per heavy atom. The highest BCUT2D eigenvalue weighted by Crippen LogP contribution is 2.30. The number of ether oxygens (including phenoxy) is 1. The number of hydrogen-bond donors (Lipinski definition) is 1. The van der Waals surface area contributed by atoms with E-state index in [0.29, 0.717) is 25.7 Å². The molecule has 4 nitrogen and oxygen atoms in total. The van der Waals surface area contributed by atoms with Crippen LogP contribution in [0, 0.1) is 17.8 Å². The van der Waals surface area contributed by atoms with Crippen LogP contribution in [0.1, 0.15) is 91.4 Å². The maximum Gasteiger partial charge on any atom is 0.309 e. The van der Waals surface area contributed by atoms with Crippen LogP contribution in [0.2, 0.25) is 0 Å². The fraction of sp³-hybridized carbons (Fsp3) is 0.900. The van der Waals surface area contributed by atoms with Crippen LogP contribution < -0.4 is 0 Å². The zero-order chi connectivity index (χ0) is 17.9. The van der Waals surface area contributed by atoms with Gasteiger partial charge in [0.15, 0.2) is 0 Å². The summed E-state index contributed by atoms with van der Waals surface area (Å²) in [7, 11) is 0. The van der Waals surface area contributed by atoms with E-state index in [1.807, 2.05) is 0 Å². The number of aliphatic carboxylic acids is 1.